The normalized spacial score (nSPS) is 17.2. The zero-order chi connectivity index (χ0) is 22.5. The Labute approximate surface area is 189 Å². The van der Waals surface area contributed by atoms with Gasteiger partial charge in [0.25, 0.3) is 0 Å². The number of hydrogen-bond acceptors (Lipinski definition) is 6. The Hall–Kier alpha value is -3.22. The predicted molar refractivity (Wildman–Crippen MR) is 132 cm³/mol. The van der Waals surface area contributed by atoms with E-state index in [1.165, 1.54) is 16.9 Å². The molecule has 1 saturated heterocycles. The van der Waals surface area contributed by atoms with Gasteiger partial charge in [-0.1, -0.05) is 29.8 Å². The average Bonchev–Trinajstić information content (AvgIpc) is 3.10. The highest BCUT2D eigenvalue weighted by Gasteiger charge is 2.35. The molecule has 6 nitrogen and oxygen atoms in total. The SMILES string of the molecule is Cc1ccc(N2CCN(c3cc4c(c(C)c3-c3ccc(N)cc3)OC(N)(N)C4)CC2)cc1. The van der Waals surface area contributed by atoms with Gasteiger partial charge in [0, 0.05) is 66.4 Å². The van der Waals surface area contributed by atoms with Crippen LogP contribution in [-0.4, -0.2) is 32.0 Å². The molecule has 3 aromatic rings. The van der Waals surface area contributed by atoms with Crippen LogP contribution >= 0.6 is 0 Å². The van der Waals surface area contributed by atoms with Crippen molar-refractivity contribution >= 4 is 17.1 Å². The summed E-state index contributed by atoms with van der Waals surface area (Å²) in [7, 11) is 0. The number of piperazine rings is 1. The van der Waals surface area contributed by atoms with Crippen molar-refractivity contribution in [1.29, 1.82) is 0 Å². The molecule has 6 heteroatoms. The van der Waals surface area contributed by atoms with Crippen LogP contribution in [0.2, 0.25) is 0 Å². The monoisotopic (exact) mass is 429 g/mol. The lowest BCUT2D eigenvalue weighted by atomic mass is 9.93. The van der Waals surface area contributed by atoms with Crippen LogP contribution in [0.4, 0.5) is 17.1 Å². The topological polar surface area (TPSA) is 93.8 Å². The van der Waals surface area contributed by atoms with Gasteiger partial charge in [-0.3, -0.25) is 11.5 Å². The Balaban J connectivity index is 1.50. The molecule has 0 saturated carbocycles. The van der Waals surface area contributed by atoms with Gasteiger partial charge in [0.1, 0.15) is 5.75 Å². The minimum Gasteiger partial charge on any atom is -0.459 e. The molecule has 0 bridgehead atoms. The molecule has 2 aliphatic rings. The molecule has 166 valence electrons. The molecule has 0 aliphatic carbocycles. The number of aryl methyl sites for hydroxylation is 1. The van der Waals surface area contributed by atoms with Gasteiger partial charge < -0.3 is 20.3 Å². The standard InChI is InChI=1S/C26H31N5O/c1-17-3-9-22(10-4-17)30-11-13-31(14-12-30)23-15-20-16-26(28,29)32-25(20)18(2)24(23)19-5-7-21(27)8-6-19/h3-10,15H,11-14,16,27-29H2,1-2H3. The Morgan fingerprint density at radius 3 is 2.12 bits per heavy atom. The highest BCUT2D eigenvalue weighted by molar-refractivity contribution is 5.85. The third-order valence-corrected chi connectivity index (χ3v) is 6.55. The fraction of sp³-hybridized carbons (Fsp3) is 0.308. The van der Waals surface area contributed by atoms with Crippen LogP contribution in [-0.2, 0) is 6.42 Å². The van der Waals surface area contributed by atoms with E-state index in [0.717, 1.165) is 59.9 Å². The quantitative estimate of drug-likeness (QED) is 0.437. The Kier molecular flexibility index (Phi) is 4.99. The summed E-state index contributed by atoms with van der Waals surface area (Å²) in [6.07, 6.45) is 0.502. The fourth-order valence-corrected chi connectivity index (χ4v) is 4.87. The molecule has 0 atom stereocenters. The van der Waals surface area contributed by atoms with Crippen molar-refractivity contribution in [2.75, 3.05) is 41.7 Å². The molecule has 0 radical (unpaired) electrons. The van der Waals surface area contributed by atoms with E-state index in [1.807, 2.05) is 12.1 Å². The molecular weight excluding hydrogens is 398 g/mol. The maximum Gasteiger partial charge on any atom is 0.217 e. The zero-order valence-corrected chi connectivity index (χ0v) is 18.8. The first-order valence-corrected chi connectivity index (χ1v) is 11.2. The number of anilines is 3. The molecule has 3 aromatic carbocycles. The van der Waals surface area contributed by atoms with Crippen LogP contribution in [0.25, 0.3) is 11.1 Å². The van der Waals surface area contributed by atoms with Crippen LogP contribution < -0.4 is 31.7 Å². The summed E-state index contributed by atoms with van der Waals surface area (Å²) in [4.78, 5) is 4.92. The van der Waals surface area contributed by atoms with E-state index in [-0.39, 0.29) is 0 Å². The largest absolute Gasteiger partial charge is 0.459 e. The summed E-state index contributed by atoms with van der Waals surface area (Å²) in [5.41, 5.74) is 27.2. The number of hydrogen-bond donors (Lipinski definition) is 3. The Morgan fingerprint density at radius 1 is 0.844 bits per heavy atom. The van der Waals surface area contributed by atoms with Crippen molar-refractivity contribution in [1.82, 2.24) is 0 Å². The first-order valence-electron chi connectivity index (χ1n) is 11.2. The van der Waals surface area contributed by atoms with Crippen molar-refractivity contribution in [3.05, 3.63) is 71.3 Å². The summed E-state index contributed by atoms with van der Waals surface area (Å²) in [6, 6.07) is 19.0. The van der Waals surface area contributed by atoms with Crippen LogP contribution in [0.1, 0.15) is 16.7 Å². The minimum absolute atomic E-state index is 0.502. The molecule has 1 fully saturated rings. The second-order valence-corrected chi connectivity index (χ2v) is 9.05. The van der Waals surface area contributed by atoms with Gasteiger partial charge in [-0.05, 0) is 49.7 Å². The lowest BCUT2D eigenvalue weighted by Gasteiger charge is -2.38. The Morgan fingerprint density at radius 2 is 1.47 bits per heavy atom. The summed E-state index contributed by atoms with van der Waals surface area (Å²) in [5, 5.41) is 0. The number of nitrogens with zero attached hydrogens (tertiary/aromatic N) is 2. The van der Waals surface area contributed by atoms with Gasteiger partial charge in [-0.25, -0.2) is 0 Å². The molecule has 6 N–H and O–H groups in total. The molecule has 32 heavy (non-hydrogen) atoms. The highest BCUT2D eigenvalue weighted by Crippen LogP contribution is 2.45. The van der Waals surface area contributed by atoms with Gasteiger partial charge >= 0.3 is 0 Å². The number of ether oxygens (including phenoxy) is 1. The van der Waals surface area contributed by atoms with Gasteiger partial charge in [0.15, 0.2) is 0 Å². The van der Waals surface area contributed by atoms with Gasteiger partial charge in [0.05, 0.1) is 0 Å². The van der Waals surface area contributed by atoms with E-state index in [1.54, 1.807) is 0 Å². The van der Waals surface area contributed by atoms with Gasteiger partial charge in [0.2, 0.25) is 5.85 Å². The summed E-state index contributed by atoms with van der Waals surface area (Å²) in [6.45, 7) is 8.02. The lowest BCUT2D eigenvalue weighted by Crippen LogP contribution is -2.53. The molecule has 0 spiro atoms. The molecule has 0 amide bonds. The van der Waals surface area contributed by atoms with Crippen molar-refractivity contribution in [2.45, 2.75) is 26.1 Å². The van der Waals surface area contributed by atoms with Crippen LogP contribution in [0, 0.1) is 13.8 Å². The Bertz CT molecular complexity index is 1130. The second-order valence-electron chi connectivity index (χ2n) is 9.05. The molecular formula is C26H31N5O. The van der Waals surface area contributed by atoms with Crippen molar-refractivity contribution < 1.29 is 4.74 Å². The number of benzene rings is 3. The average molecular weight is 430 g/mol. The predicted octanol–water partition coefficient (Wildman–Crippen LogP) is 3.39. The number of nitrogen functional groups attached to an aromatic ring is 1. The van der Waals surface area contributed by atoms with Crippen LogP contribution in [0.5, 0.6) is 5.75 Å². The van der Waals surface area contributed by atoms with Crippen LogP contribution in [0.3, 0.4) is 0 Å². The molecule has 0 unspecified atom stereocenters. The molecule has 0 aromatic heterocycles. The first-order chi connectivity index (χ1) is 15.3. The van der Waals surface area contributed by atoms with Crippen molar-refractivity contribution in [2.24, 2.45) is 11.5 Å². The fourth-order valence-electron chi connectivity index (χ4n) is 4.87. The third-order valence-electron chi connectivity index (χ3n) is 6.55. The van der Waals surface area contributed by atoms with E-state index < -0.39 is 5.85 Å². The number of nitrogens with two attached hydrogens (primary N) is 3. The van der Waals surface area contributed by atoms with E-state index in [0.29, 0.717) is 6.42 Å². The highest BCUT2D eigenvalue weighted by atomic mass is 16.5. The van der Waals surface area contributed by atoms with Crippen molar-refractivity contribution in [3.63, 3.8) is 0 Å². The minimum atomic E-state index is -1.16. The van der Waals surface area contributed by atoms with E-state index in [4.69, 9.17) is 21.9 Å². The van der Waals surface area contributed by atoms with Crippen LogP contribution in [0.15, 0.2) is 54.6 Å². The maximum atomic E-state index is 6.15. The lowest BCUT2D eigenvalue weighted by molar-refractivity contribution is 0.109. The third kappa shape index (κ3) is 3.76. The molecule has 2 heterocycles. The van der Waals surface area contributed by atoms with Crippen molar-refractivity contribution in [3.8, 4) is 16.9 Å². The number of fused-ring (bicyclic) bond motifs is 1. The summed E-state index contributed by atoms with van der Waals surface area (Å²) < 4.78 is 5.94. The number of rotatable bonds is 3. The maximum absolute atomic E-state index is 6.15. The summed E-state index contributed by atoms with van der Waals surface area (Å²) >= 11 is 0. The van der Waals surface area contributed by atoms with E-state index >= 15 is 0 Å². The van der Waals surface area contributed by atoms with Gasteiger partial charge in [-0.15, -0.1) is 0 Å². The molecule has 5 rings (SSSR count). The first kappa shape index (κ1) is 20.7. The van der Waals surface area contributed by atoms with Gasteiger partial charge in [-0.2, -0.15) is 0 Å². The second kappa shape index (κ2) is 7.73. The molecule has 2 aliphatic heterocycles. The van der Waals surface area contributed by atoms with E-state index in [2.05, 4.69) is 66.1 Å². The summed E-state index contributed by atoms with van der Waals surface area (Å²) in [5.74, 6) is -0.349. The zero-order valence-electron chi connectivity index (χ0n) is 18.8. The van der Waals surface area contributed by atoms with E-state index in [9.17, 15) is 0 Å². The smallest absolute Gasteiger partial charge is 0.217 e.